The maximum absolute atomic E-state index is 12.4. The molecular weight excluding hydrogens is 435 g/mol. The summed E-state index contributed by atoms with van der Waals surface area (Å²) in [6.45, 7) is 9.72. The lowest BCUT2D eigenvalue weighted by atomic mass is 10.1. The molecule has 0 aromatic heterocycles. The summed E-state index contributed by atoms with van der Waals surface area (Å²) in [7, 11) is 0. The van der Waals surface area contributed by atoms with E-state index in [1.54, 1.807) is 24.3 Å². The summed E-state index contributed by atoms with van der Waals surface area (Å²) < 4.78 is 46.4. The van der Waals surface area contributed by atoms with Crippen LogP contribution in [0, 0.1) is 0 Å². The molecule has 1 aromatic carbocycles. The molecule has 0 bridgehead atoms. The Morgan fingerprint density at radius 1 is 1.23 bits per heavy atom. The van der Waals surface area contributed by atoms with Crippen molar-refractivity contribution in [2.24, 2.45) is 0 Å². The van der Waals surface area contributed by atoms with Crippen LogP contribution in [0.4, 0.5) is 18.9 Å². The van der Waals surface area contributed by atoms with Crippen LogP contribution in [0.3, 0.4) is 0 Å². The van der Waals surface area contributed by atoms with Gasteiger partial charge in [-0.15, -0.1) is 13.2 Å². The fraction of sp³-hybridized carbons (Fsp3) is 0.381. The summed E-state index contributed by atoms with van der Waals surface area (Å²) >= 11 is 5.77. The van der Waals surface area contributed by atoms with Crippen LogP contribution in [0.25, 0.3) is 0 Å². The molecule has 2 atom stereocenters. The average Bonchev–Trinajstić information content (AvgIpc) is 3.12. The highest BCUT2D eigenvalue weighted by Crippen LogP contribution is 2.28. The standard InChI is InChI=1S/C21H23ClF3N3O3/c1-14(22)3-4-15(2)26-19-12-27(17-11-20(29)30-13-17)9-10-28(19)16-5-7-18(8-6-16)31-21(23,24)25/h3-8,17,19,26H,1-2,9-13H2/b4-3-. The van der Waals surface area contributed by atoms with Gasteiger partial charge in [-0.3, -0.25) is 9.69 Å². The van der Waals surface area contributed by atoms with Gasteiger partial charge in [-0.05, 0) is 36.4 Å². The minimum Gasteiger partial charge on any atom is -0.464 e. The minimum atomic E-state index is -4.74. The first-order valence-corrected chi connectivity index (χ1v) is 9.98. The van der Waals surface area contributed by atoms with Crippen molar-refractivity contribution in [2.45, 2.75) is 25.0 Å². The third kappa shape index (κ3) is 6.67. The number of anilines is 1. The molecule has 0 aliphatic carbocycles. The van der Waals surface area contributed by atoms with E-state index in [0.717, 1.165) is 5.69 Å². The molecule has 6 nitrogen and oxygen atoms in total. The molecule has 2 fully saturated rings. The summed E-state index contributed by atoms with van der Waals surface area (Å²) in [5, 5.41) is 3.66. The van der Waals surface area contributed by atoms with Crippen LogP contribution in [-0.2, 0) is 9.53 Å². The molecule has 3 rings (SSSR count). The van der Waals surface area contributed by atoms with E-state index in [4.69, 9.17) is 16.3 Å². The molecule has 1 aromatic rings. The molecule has 10 heteroatoms. The van der Waals surface area contributed by atoms with Gasteiger partial charge in [0.15, 0.2) is 0 Å². The monoisotopic (exact) mass is 457 g/mol. The Balaban J connectivity index is 1.75. The molecule has 0 amide bonds. The number of halogens is 4. The Bertz CT molecular complexity index is 858. The molecule has 2 aliphatic rings. The molecule has 31 heavy (non-hydrogen) atoms. The molecule has 0 saturated carbocycles. The van der Waals surface area contributed by atoms with E-state index >= 15 is 0 Å². The number of alkyl halides is 3. The lowest BCUT2D eigenvalue weighted by molar-refractivity contribution is -0.274. The lowest BCUT2D eigenvalue weighted by Gasteiger charge is -2.45. The largest absolute Gasteiger partial charge is 0.573 e. The number of carbonyl (C=O) groups excluding carboxylic acids is 1. The fourth-order valence-corrected chi connectivity index (χ4v) is 3.66. The van der Waals surface area contributed by atoms with Gasteiger partial charge in [0, 0.05) is 36.1 Å². The van der Waals surface area contributed by atoms with Crippen molar-refractivity contribution in [3.05, 3.63) is 60.3 Å². The van der Waals surface area contributed by atoms with Gasteiger partial charge in [0.05, 0.1) is 12.5 Å². The lowest BCUT2D eigenvalue weighted by Crippen LogP contribution is -2.61. The van der Waals surface area contributed by atoms with Crippen LogP contribution in [0.2, 0.25) is 0 Å². The number of hydrogen-bond donors (Lipinski definition) is 1. The molecule has 2 saturated heterocycles. The third-order valence-electron chi connectivity index (χ3n) is 4.99. The fourth-order valence-electron chi connectivity index (χ4n) is 3.59. The predicted molar refractivity (Wildman–Crippen MR) is 112 cm³/mol. The Hall–Kier alpha value is -2.65. The summed E-state index contributed by atoms with van der Waals surface area (Å²) in [6, 6.07) is 5.71. The van der Waals surface area contributed by atoms with Gasteiger partial charge in [-0.25, -0.2) is 0 Å². The van der Waals surface area contributed by atoms with Crippen LogP contribution in [0.5, 0.6) is 5.75 Å². The van der Waals surface area contributed by atoms with Crippen molar-refractivity contribution in [3.63, 3.8) is 0 Å². The second kappa shape index (κ2) is 9.65. The van der Waals surface area contributed by atoms with Crippen LogP contribution in [0.1, 0.15) is 6.42 Å². The summed E-state index contributed by atoms with van der Waals surface area (Å²) in [6.07, 6.45) is -1.36. The summed E-state index contributed by atoms with van der Waals surface area (Å²) in [5.74, 6) is -0.501. The normalized spacial score (nSPS) is 22.5. The van der Waals surface area contributed by atoms with E-state index in [1.165, 1.54) is 12.1 Å². The summed E-state index contributed by atoms with van der Waals surface area (Å²) in [5.41, 5.74) is 1.32. The Morgan fingerprint density at radius 3 is 2.52 bits per heavy atom. The first kappa shape index (κ1) is 23.0. The molecule has 2 unspecified atom stereocenters. The van der Waals surface area contributed by atoms with Crippen molar-refractivity contribution < 1.29 is 27.4 Å². The second-order valence-electron chi connectivity index (χ2n) is 7.24. The van der Waals surface area contributed by atoms with E-state index in [1.807, 2.05) is 4.90 Å². The summed E-state index contributed by atoms with van der Waals surface area (Å²) in [4.78, 5) is 15.7. The van der Waals surface area contributed by atoms with E-state index in [-0.39, 0.29) is 23.9 Å². The van der Waals surface area contributed by atoms with Gasteiger partial charge < -0.3 is 19.7 Å². The SMILES string of the molecule is C=C(Cl)/C=C\C(=C)NC1CN(C2COC(=O)C2)CCN1c1ccc(OC(F)(F)F)cc1. The van der Waals surface area contributed by atoms with Gasteiger partial charge >= 0.3 is 12.3 Å². The van der Waals surface area contributed by atoms with Crippen molar-refractivity contribution in [1.29, 1.82) is 0 Å². The maximum Gasteiger partial charge on any atom is 0.573 e. The number of allylic oxidation sites excluding steroid dienone is 3. The number of ether oxygens (including phenoxy) is 2. The molecular formula is C21H23ClF3N3O3. The second-order valence-corrected chi connectivity index (χ2v) is 7.72. The number of nitrogens with zero attached hydrogens (tertiary/aromatic N) is 2. The molecule has 2 aliphatic heterocycles. The Labute approximate surface area is 183 Å². The topological polar surface area (TPSA) is 54.0 Å². The van der Waals surface area contributed by atoms with Gasteiger partial charge in [-0.2, -0.15) is 0 Å². The third-order valence-corrected chi connectivity index (χ3v) is 5.11. The van der Waals surface area contributed by atoms with E-state index in [2.05, 4.69) is 28.1 Å². The van der Waals surface area contributed by atoms with Crippen molar-refractivity contribution in [2.75, 3.05) is 31.1 Å². The van der Waals surface area contributed by atoms with Crippen molar-refractivity contribution in [1.82, 2.24) is 10.2 Å². The van der Waals surface area contributed by atoms with Crippen molar-refractivity contribution >= 4 is 23.3 Å². The highest BCUT2D eigenvalue weighted by molar-refractivity contribution is 6.30. The molecule has 1 N–H and O–H groups in total. The van der Waals surface area contributed by atoms with Crippen LogP contribution in [-0.4, -0.2) is 55.7 Å². The highest BCUT2D eigenvalue weighted by Gasteiger charge is 2.36. The first-order chi connectivity index (χ1) is 14.6. The zero-order chi connectivity index (χ0) is 22.6. The number of cyclic esters (lactones) is 1. The smallest absolute Gasteiger partial charge is 0.464 e. The van der Waals surface area contributed by atoms with Gasteiger partial charge in [0.2, 0.25) is 0 Å². The predicted octanol–water partition coefficient (Wildman–Crippen LogP) is 3.76. The van der Waals surface area contributed by atoms with E-state index in [0.29, 0.717) is 43.4 Å². The number of nitrogens with one attached hydrogen (secondary N) is 1. The number of carbonyl (C=O) groups is 1. The average molecular weight is 458 g/mol. The van der Waals surface area contributed by atoms with Crippen LogP contribution < -0.4 is 15.0 Å². The number of esters is 1. The highest BCUT2D eigenvalue weighted by atomic mass is 35.5. The minimum absolute atomic E-state index is 0.00654. The number of hydrogen-bond acceptors (Lipinski definition) is 6. The van der Waals surface area contributed by atoms with Crippen LogP contribution >= 0.6 is 11.6 Å². The van der Waals surface area contributed by atoms with E-state index < -0.39 is 6.36 Å². The molecule has 168 valence electrons. The Morgan fingerprint density at radius 2 is 1.94 bits per heavy atom. The van der Waals surface area contributed by atoms with Gasteiger partial charge in [0.1, 0.15) is 18.5 Å². The van der Waals surface area contributed by atoms with Gasteiger partial charge in [-0.1, -0.05) is 24.8 Å². The molecule has 0 spiro atoms. The van der Waals surface area contributed by atoms with Crippen molar-refractivity contribution in [3.8, 4) is 5.75 Å². The van der Waals surface area contributed by atoms with E-state index in [9.17, 15) is 18.0 Å². The zero-order valence-electron chi connectivity index (χ0n) is 16.7. The maximum atomic E-state index is 12.4. The zero-order valence-corrected chi connectivity index (χ0v) is 17.5. The van der Waals surface area contributed by atoms with Gasteiger partial charge in [0.25, 0.3) is 0 Å². The van der Waals surface area contributed by atoms with Crippen LogP contribution in [0.15, 0.2) is 60.3 Å². The Kier molecular flexibility index (Phi) is 7.17. The number of rotatable bonds is 7. The number of benzene rings is 1. The molecule has 2 heterocycles. The quantitative estimate of drug-likeness (QED) is 0.497. The molecule has 0 radical (unpaired) electrons. The number of piperazine rings is 1. The first-order valence-electron chi connectivity index (χ1n) is 9.61.